The van der Waals surface area contributed by atoms with Crippen molar-refractivity contribution in [3.63, 3.8) is 0 Å². The molecule has 0 saturated carbocycles. The van der Waals surface area contributed by atoms with E-state index in [2.05, 4.69) is 81.4 Å². The van der Waals surface area contributed by atoms with E-state index in [1.165, 1.54) is 32.8 Å². The fraction of sp³-hybridized carbons (Fsp3) is 0.273. The number of hydrogen-bond donors (Lipinski definition) is 0. The Kier molecular flexibility index (Phi) is 5.05. The standard InChI is InChI=1S/C33H30N2O/c1-19(2)12-27-24-9-6-20(3)13-23(24)15-28-31-30-25(10-11-35-31)26-14-21(17-33(4,5)18-34)7-8-22(26)16-29(30)36-32(27)28/h6-11,13-16,19H,12,17H2,1-5H3. The van der Waals surface area contributed by atoms with Gasteiger partial charge in [0.25, 0.3) is 0 Å². The van der Waals surface area contributed by atoms with Gasteiger partial charge in [-0.1, -0.05) is 55.8 Å². The highest BCUT2D eigenvalue weighted by Crippen LogP contribution is 2.51. The Balaban J connectivity index is 1.64. The van der Waals surface area contributed by atoms with Gasteiger partial charge in [0.15, 0.2) is 0 Å². The second kappa shape index (κ2) is 8.07. The lowest BCUT2D eigenvalue weighted by atomic mass is 9.86. The first kappa shape index (κ1) is 22.6. The van der Waals surface area contributed by atoms with Crippen molar-refractivity contribution < 1.29 is 4.74 Å². The zero-order valence-corrected chi connectivity index (χ0v) is 21.6. The van der Waals surface area contributed by atoms with Gasteiger partial charge in [0.2, 0.25) is 0 Å². The Morgan fingerprint density at radius 1 is 0.944 bits per heavy atom. The highest BCUT2D eigenvalue weighted by molar-refractivity contribution is 6.16. The van der Waals surface area contributed by atoms with Crippen molar-refractivity contribution in [1.29, 1.82) is 5.26 Å². The van der Waals surface area contributed by atoms with E-state index in [0.29, 0.717) is 12.3 Å². The predicted octanol–water partition coefficient (Wildman–Crippen LogP) is 8.91. The van der Waals surface area contributed by atoms with Crippen molar-refractivity contribution in [2.45, 2.75) is 47.5 Å². The van der Waals surface area contributed by atoms with Crippen LogP contribution >= 0.6 is 0 Å². The van der Waals surface area contributed by atoms with Gasteiger partial charge >= 0.3 is 0 Å². The summed E-state index contributed by atoms with van der Waals surface area (Å²) in [5.41, 5.74) is 5.33. The average Bonchev–Trinajstić information content (AvgIpc) is 2.84. The van der Waals surface area contributed by atoms with E-state index in [9.17, 15) is 5.26 Å². The van der Waals surface area contributed by atoms with Crippen molar-refractivity contribution in [2.75, 3.05) is 0 Å². The fourth-order valence-corrected chi connectivity index (χ4v) is 5.65. The van der Waals surface area contributed by atoms with Crippen molar-refractivity contribution in [2.24, 2.45) is 11.3 Å². The summed E-state index contributed by atoms with van der Waals surface area (Å²) in [6, 6.07) is 22.2. The van der Waals surface area contributed by atoms with Crippen LogP contribution in [0.5, 0.6) is 11.5 Å². The normalized spacial score (nSPS) is 12.7. The zero-order valence-electron chi connectivity index (χ0n) is 21.6. The molecule has 5 aromatic rings. The number of ether oxygens (including phenoxy) is 1. The smallest absolute Gasteiger partial charge is 0.140 e. The number of hydrogen-bond acceptors (Lipinski definition) is 3. The third-order valence-corrected chi connectivity index (χ3v) is 7.27. The van der Waals surface area contributed by atoms with Crippen LogP contribution in [-0.2, 0) is 12.8 Å². The zero-order chi connectivity index (χ0) is 25.2. The van der Waals surface area contributed by atoms with Gasteiger partial charge in [-0.2, -0.15) is 5.26 Å². The Morgan fingerprint density at radius 3 is 2.56 bits per heavy atom. The van der Waals surface area contributed by atoms with E-state index >= 15 is 0 Å². The molecule has 0 atom stereocenters. The quantitative estimate of drug-likeness (QED) is 0.242. The molecule has 0 aliphatic carbocycles. The van der Waals surface area contributed by atoms with Gasteiger partial charge in [-0.3, -0.25) is 4.98 Å². The summed E-state index contributed by atoms with van der Waals surface area (Å²) in [5.74, 6) is 2.32. The highest BCUT2D eigenvalue weighted by Gasteiger charge is 2.27. The molecule has 36 heavy (non-hydrogen) atoms. The molecule has 3 heteroatoms. The SMILES string of the molecule is Cc1ccc2c(CC(C)C)c3c(cc2c1)-c1nccc2c1c(cc1ccc(CC(C)(C)C#N)cc12)O3. The van der Waals surface area contributed by atoms with E-state index in [1.807, 2.05) is 20.0 Å². The van der Waals surface area contributed by atoms with Crippen LogP contribution in [0.15, 0.2) is 60.8 Å². The van der Waals surface area contributed by atoms with Gasteiger partial charge in [-0.05, 0) is 90.2 Å². The molecule has 4 aromatic carbocycles. The second-order valence-electron chi connectivity index (χ2n) is 11.3. The topological polar surface area (TPSA) is 45.9 Å². The van der Waals surface area contributed by atoms with Gasteiger partial charge in [0.05, 0.1) is 22.6 Å². The molecule has 0 bridgehead atoms. The molecule has 0 unspecified atom stereocenters. The molecule has 0 fully saturated rings. The van der Waals surface area contributed by atoms with Crippen molar-refractivity contribution >= 4 is 32.3 Å². The molecular weight excluding hydrogens is 440 g/mol. The molecule has 6 rings (SSSR count). The van der Waals surface area contributed by atoms with Crippen LogP contribution < -0.4 is 4.74 Å². The monoisotopic (exact) mass is 470 g/mol. The second-order valence-corrected chi connectivity index (χ2v) is 11.3. The first-order valence-corrected chi connectivity index (χ1v) is 12.7. The van der Waals surface area contributed by atoms with Gasteiger partial charge in [0.1, 0.15) is 11.5 Å². The van der Waals surface area contributed by atoms with Crippen LogP contribution in [0.2, 0.25) is 0 Å². The van der Waals surface area contributed by atoms with Crippen molar-refractivity contribution in [3.8, 4) is 28.8 Å². The number of nitriles is 1. The molecule has 0 amide bonds. The van der Waals surface area contributed by atoms with E-state index in [0.717, 1.165) is 45.3 Å². The summed E-state index contributed by atoms with van der Waals surface area (Å²) < 4.78 is 6.77. The number of fused-ring (bicyclic) bond motifs is 5. The summed E-state index contributed by atoms with van der Waals surface area (Å²) in [5, 5.41) is 16.6. The maximum Gasteiger partial charge on any atom is 0.140 e. The van der Waals surface area contributed by atoms with Crippen LogP contribution in [-0.4, -0.2) is 4.98 Å². The van der Waals surface area contributed by atoms with E-state index < -0.39 is 5.41 Å². The molecule has 0 N–H and O–H groups in total. The largest absolute Gasteiger partial charge is 0.456 e. The molecule has 1 aliphatic heterocycles. The number of nitrogens with zero attached hydrogens (tertiary/aromatic N) is 2. The summed E-state index contributed by atoms with van der Waals surface area (Å²) in [6.45, 7) is 10.6. The van der Waals surface area contributed by atoms with Gasteiger partial charge < -0.3 is 4.74 Å². The molecule has 1 aromatic heterocycles. The van der Waals surface area contributed by atoms with E-state index in [1.54, 1.807) is 0 Å². The summed E-state index contributed by atoms with van der Waals surface area (Å²) in [6.07, 6.45) is 3.58. The van der Waals surface area contributed by atoms with Crippen LogP contribution in [0.25, 0.3) is 43.6 Å². The van der Waals surface area contributed by atoms with Crippen LogP contribution in [0.4, 0.5) is 0 Å². The molecular formula is C33H30N2O. The fourth-order valence-electron chi connectivity index (χ4n) is 5.65. The number of rotatable bonds is 4. The minimum absolute atomic E-state index is 0.407. The lowest BCUT2D eigenvalue weighted by Gasteiger charge is -2.26. The third kappa shape index (κ3) is 3.60. The molecule has 178 valence electrons. The Hall–Kier alpha value is -3.90. The van der Waals surface area contributed by atoms with Crippen LogP contribution in [0.3, 0.4) is 0 Å². The first-order chi connectivity index (χ1) is 17.2. The number of pyridine rings is 1. The van der Waals surface area contributed by atoms with Gasteiger partial charge in [0, 0.05) is 17.3 Å². The van der Waals surface area contributed by atoms with E-state index in [-0.39, 0.29) is 0 Å². The minimum atomic E-state index is -0.407. The number of benzene rings is 4. The minimum Gasteiger partial charge on any atom is -0.456 e. The summed E-state index contributed by atoms with van der Waals surface area (Å²) in [7, 11) is 0. The van der Waals surface area contributed by atoms with Crippen molar-refractivity contribution in [3.05, 3.63) is 77.5 Å². The Bertz CT molecular complexity index is 1740. The lowest BCUT2D eigenvalue weighted by Crippen LogP contribution is -2.11. The van der Waals surface area contributed by atoms with Crippen LogP contribution in [0.1, 0.15) is 44.4 Å². The maximum absolute atomic E-state index is 9.54. The average molecular weight is 471 g/mol. The summed E-state index contributed by atoms with van der Waals surface area (Å²) >= 11 is 0. The molecule has 3 nitrogen and oxygen atoms in total. The first-order valence-electron chi connectivity index (χ1n) is 12.7. The molecule has 2 heterocycles. The Morgan fingerprint density at radius 2 is 1.78 bits per heavy atom. The maximum atomic E-state index is 9.54. The van der Waals surface area contributed by atoms with E-state index in [4.69, 9.17) is 9.72 Å². The molecule has 0 saturated heterocycles. The predicted molar refractivity (Wildman–Crippen MR) is 149 cm³/mol. The molecule has 1 aliphatic rings. The van der Waals surface area contributed by atoms with Crippen molar-refractivity contribution in [1.82, 2.24) is 4.98 Å². The molecule has 0 radical (unpaired) electrons. The third-order valence-electron chi connectivity index (χ3n) is 7.27. The van der Waals surface area contributed by atoms with Crippen LogP contribution in [0, 0.1) is 29.6 Å². The Labute approximate surface area is 212 Å². The van der Waals surface area contributed by atoms with Gasteiger partial charge in [-0.25, -0.2) is 0 Å². The number of aryl methyl sites for hydroxylation is 1. The molecule has 0 spiro atoms. The highest BCUT2D eigenvalue weighted by atomic mass is 16.5. The van der Waals surface area contributed by atoms with Gasteiger partial charge in [-0.15, -0.1) is 0 Å². The number of aromatic nitrogens is 1. The summed E-state index contributed by atoms with van der Waals surface area (Å²) in [4.78, 5) is 4.91. The lowest BCUT2D eigenvalue weighted by molar-refractivity contribution is 0.476.